The molecule has 0 saturated carbocycles. The highest BCUT2D eigenvalue weighted by atomic mass is 32.2. The molecule has 1 unspecified atom stereocenters. The van der Waals surface area contributed by atoms with Crippen molar-refractivity contribution in [2.75, 3.05) is 11.6 Å². The molecule has 2 aromatic heterocycles. The first kappa shape index (κ1) is 15.5. The van der Waals surface area contributed by atoms with E-state index in [2.05, 4.69) is 15.4 Å². The highest BCUT2D eigenvalue weighted by molar-refractivity contribution is 7.90. The summed E-state index contributed by atoms with van der Waals surface area (Å²) in [6, 6.07) is 8.83. The molecule has 0 bridgehead atoms. The SMILES string of the molecule is Cc1cc2c(NC(C)c3ccc(S(C)(=O)=O)cc3)nccn2n1. The number of nitrogens with one attached hydrogen (secondary N) is 1. The third-order valence-electron chi connectivity index (χ3n) is 3.67. The van der Waals surface area contributed by atoms with Gasteiger partial charge in [0, 0.05) is 18.6 Å². The van der Waals surface area contributed by atoms with Gasteiger partial charge in [-0.1, -0.05) is 12.1 Å². The Labute approximate surface area is 135 Å². The summed E-state index contributed by atoms with van der Waals surface area (Å²) in [5.74, 6) is 0.743. The molecule has 0 radical (unpaired) electrons. The molecule has 0 saturated heterocycles. The zero-order valence-electron chi connectivity index (χ0n) is 13.2. The van der Waals surface area contributed by atoms with Crippen molar-refractivity contribution in [3.05, 3.63) is 54.0 Å². The second-order valence-electron chi connectivity index (χ2n) is 5.60. The van der Waals surface area contributed by atoms with Crippen LogP contribution in [-0.2, 0) is 9.84 Å². The van der Waals surface area contributed by atoms with Crippen LogP contribution in [0.1, 0.15) is 24.2 Å². The van der Waals surface area contributed by atoms with Crippen molar-refractivity contribution in [1.82, 2.24) is 14.6 Å². The summed E-state index contributed by atoms with van der Waals surface area (Å²) in [5, 5.41) is 7.71. The summed E-state index contributed by atoms with van der Waals surface area (Å²) >= 11 is 0. The zero-order valence-corrected chi connectivity index (χ0v) is 14.0. The van der Waals surface area contributed by atoms with E-state index in [1.165, 1.54) is 6.26 Å². The van der Waals surface area contributed by atoms with Gasteiger partial charge in [-0.2, -0.15) is 5.10 Å². The maximum atomic E-state index is 11.5. The minimum absolute atomic E-state index is 0.0162. The van der Waals surface area contributed by atoms with E-state index in [1.54, 1.807) is 29.0 Å². The molecule has 120 valence electrons. The first-order chi connectivity index (χ1) is 10.8. The molecule has 0 aliphatic rings. The van der Waals surface area contributed by atoms with Crippen LogP contribution in [0.25, 0.3) is 5.52 Å². The smallest absolute Gasteiger partial charge is 0.175 e. The van der Waals surface area contributed by atoms with Crippen LogP contribution in [0.2, 0.25) is 0 Å². The van der Waals surface area contributed by atoms with Gasteiger partial charge >= 0.3 is 0 Å². The molecular weight excluding hydrogens is 312 g/mol. The van der Waals surface area contributed by atoms with E-state index in [0.29, 0.717) is 4.90 Å². The third-order valence-corrected chi connectivity index (χ3v) is 4.80. The predicted octanol–water partition coefficient (Wildman–Crippen LogP) is 2.61. The lowest BCUT2D eigenvalue weighted by Gasteiger charge is -2.16. The van der Waals surface area contributed by atoms with Crippen molar-refractivity contribution >= 4 is 21.2 Å². The Balaban J connectivity index is 1.87. The lowest BCUT2D eigenvalue weighted by atomic mass is 10.1. The summed E-state index contributed by atoms with van der Waals surface area (Å²) in [4.78, 5) is 4.69. The monoisotopic (exact) mass is 330 g/mol. The highest BCUT2D eigenvalue weighted by Gasteiger charge is 2.12. The quantitative estimate of drug-likeness (QED) is 0.796. The molecule has 0 aliphatic heterocycles. The van der Waals surface area contributed by atoms with Crippen molar-refractivity contribution in [1.29, 1.82) is 0 Å². The minimum atomic E-state index is -3.17. The van der Waals surface area contributed by atoms with Crippen molar-refractivity contribution in [3.8, 4) is 0 Å². The molecule has 1 atom stereocenters. The van der Waals surface area contributed by atoms with Crippen molar-refractivity contribution in [2.45, 2.75) is 24.8 Å². The summed E-state index contributed by atoms with van der Waals surface area (Å²) in [6.07, 6.45) is 4.70. The highest BCUT2D eigenvalue weighted by Crippen LogP contribution is 2.22. The number of nitrogens with zero attached hydrogens (tertiary/aromatic N) is 3. The second kappa shape index (κ2) is 5.66. The number of aryl methyl sites for hydroxylation is 1. The van der Waals surface area contributed by atoms with Crippen LogP contribution in [0.5, 0.6) is 0 Å². The van der Waals surface area contributed by atoms with Crippen LogP contribution in [0.4, 0.5) is 5.82 Å². The summed E-state index contributed by atoms with van der Waals surface area (Å²) in [6.45, 7) is 3.94. The molecular formula is C16H18N4O2S. The lowest BCUT2D eigenvalue weighted by molar-refractivity contribution is 0.602. The molecule has 7 heteroatoms. The predicted molar refractivity (Wildman–Crippen MR) is 89.3 cm³/mol. The molecule has 3 aromatic rings. The average molecular weight is 330 g/mol. The van der Waals surface area contributed by atoms with E-state index < -0.39 is 9.84 Å². The number of benzene rings is 1. The van der Waals surface area contributed by atoms with Gasteiger partial charge in [0.05, 0.1) is 16.6 Å². The first-order valence-corrected chi connectivity index (χ1v) is 9.11. The van der Waals surface area contributed by atoms with E-state index >= 15 is 0 Å². The first-order valence-electron chi connectivity index (χ1n) is 7.22. The molecule has 23 heavy (non-hydrogen) atoms. The minimum Gasteiger partial charge on any atom is -0.362 e. The summed E-state index contributed by atoms with van der Waals surface area (Å²) in [7, 11) is -3.17. The Bertz CT molecular complexity index is 946. The summed E-state index contributed by atoms with van der Waals surface area (Å²) < 4.78 is 24.8. The molecule has 2 heterocycles. The lowest BCUT2D eigenvalue weighted by Crippen LogP contribution is -2.09. The van der Waals surface area contributed by atoms with Gasteiger partial charge in [-0.3, -0.25) is 0 Å². The molecule has 0 amide bonds. The van der Waals surface area contributed by atoms with Crippen LogP contribution in [0.15, 0.2) is 47.6 Å². The molecule has 3 rings (SSSR count). The second-order valence-corrected chi connectivity index (χ2v) is 7.61. The number of anilines is 1. The van der Waals surface area contributed by atoms with E-state index in [0.717, 1.165) is 22.6 Å². The normalized spacial score (nSPS) is 13.2. The largest absolute Gasteiger partial charge is 0.362 e. The van der Waals surface area contributed by atoms with E-state index in [9.17, 15) is 8.42 Å². The van der Waals surface area contributed by atoms with Gasteiger partial charge in [0.25, 0.3) is 0 Å². The Morgan fingerprint density at radius 3 is 2.57 bits per heavy atom. The fourth-order valence-corrected chi connectivity index (χ4v) is 3.08. The van der Waals surface area contributed by atoms with Gasteiger partial charge in [0.2, 0.25) is 0 Å². The Kier molecular flexibility index (Phi) is 3.81. The van der Waals surface area contributed by atoms with Gasteiger partial charge in [-0.05, 0) is 37.6 Å². The fraction of sp³-hybridized carbons (Fsp3) is 0.250. The molecule has 0 spiro atoms. The number of hydrogen-bond donors (Lipinski definition) is 1. The summed E-state index contributed by atoms with van der Waals surface area (Å²) in [5.41, 5.74) is 2.81. The Morgan fingerprint density at radius 2 is 1.91 bits per heavy atom. The number of fused-ring (bicyclic) bond motifs is 1. The van der Waals surface area contributed by atoms with Crippen LogP contribution in [0, 0.1) is 6.92 Å². The zero-order chi connectivity index (χ0) is 16.6. The van der Waals surface area contributed by atoms with Gasteiger partial charge in [0.1, 0.15) is 5.52 Å². The van der Waals surface area contributed by atoms with Gasteiger partial charge in [-0.15, -0.1) is 0 Å². The number of rotatable bonds is 4. The fourth-order valence-electron chi connectivity index (χ4n) is 2.45. The molecule has 1 aromatic carbocycles. The molecule has 6 nitrogen and oxygen atoms in total. The van der Waals surface area contributed by atoms with Crippen molar-refractivity contribution < 1.29 is 8.42 Å². The number of aromatic nitrogens is 3. The third kappa shape index (κ3) is 3.19. The molecule has 0 aliphatic carbocycles. The van der Waals surface area contributed by atoms with Gasteiger partial charge in [-0.25, -0.2) is 17.9 Å². The topological polar surface area (TPSA) is 76.4 Å². The van der Waals surface area contributed by atoms with E-state index in [1.807, 2.05) is 32.0 Å². The molecule has 1 N–H and O–H groups in total. The average Bonchev–Trinajstić information content (AvgIpc) is 2.88. The number of sulfone groups is 1. The Hall–Kier alpha value is -2.41. The van der Waals surface area contributed by atoms with Crippen molar-refractivity contribution in [2.24, 2.45) is 0 Å². The van der Waals surface area contributed by atoms with E-state index in [4.69, 9.17) is 0 Å². The van der Waals surface area contributed by atoms with E-state index in [-0.39, 0.29) is 6.04 Å². The standard InChI is InChI=1S/C16H18N4O2S/c1-11-10-15-16(17-8-9-20(15)19-11)18-12(2)13-4-6-14(7-5-13)23(3,21)22/h4-10,12H,1-3H3,(H,17,18). The Morgan fingerprint density at radius 1 is 1.22 bits per heavy atom. The maximum Gasteiger partial charge on any atom is 0.175 e. The van der Waals surface area contributed by atoms with Gasteiger partial charge in [0.15, 0.2) is 15.7 Å². The van der Waals surface area contributed by atoms with Crippen LogP contribution < -0.4 is 5.32 Å². The maximum absolute atomic E-state index is 11.5. The molecule has 0 fully saturated rings. The number of hydrogen-bond acceptors (Lipinski definition) is 5. The van der Waals surface area contributed by atoms with Crippen LogP contribution in [0.3, 0.4) is 0 Å². The van der Waals surface area contributed by atoms with Crippen molar-refractivity contribution in [3.63, 3.8) is 0 Å². The van der Waals surface area contributed by atoms with Gasteiger partial charge < -0.3 is 5.32 Å². The van der Waals surface area contributed by atoms with Crippen LogP contribution in [-0.4, -0.2) is 29.3 Å². The van der Waals surface area contributed by atoms with Crippen LogP contribution >= 0.6 is 0 Å².